The van der Waals surface area contributed by atoms with E-state index >= 15 is 0 Å². The lowest BCUT2D eigenvalue weighted by molar-refractivity contribution is -0.129. The lowest BCUT2D eigenvalue weighted by Crippen LogP contribution is -2.36. The molecule has 2 aromatic heterocycles. The number of rotatable bonds is 3. The van der Waals surface area contributed by atoms with E-state index in [1.165, 1.54) is 12.1 Å². The van der Waals surface area contributed by atoms with Crippen molar-refractivity contribution >= 4 is 5.91 Å². The zero-order valence-corrected chi connectivity index (χ0v) is 15.2. The first-order valence-corrected chi connectivity index (χ1v) is 9.13. The Morgan fingerprint density at radius 2 is 1.74 bits per heavy atom. The number of imidazole rings is 1. The van der Waals surface area contributed by atoms with E-state index in [0.717, 1.165) is 48.7 Å². The normalized spacial score (nSPS) is 15.1. The summed E-state index contributed by atoms with van der Waals surface area (Å²) in [6.45, 7) is 3.09. The maximum Gasteiger partial charge on any atom is 0.219 e. The maximum absolute atomic E-state index is 13.4. The molecule has 138 valence electrons. The number of nitrogens with zero attached hydrogens (tertiary/aromatic N) is 4. The Kier molecular flexibility index (Phi) is 4.71. The summed E-state index contributed by atoms with van der Waals surface area (Å²) in [5, 5.41) is 0. The lowest BCUT2D eigenvalue weighted by Gasteiger charge is -2.31. The van der Waals surface area contributed by atoms with Gasteiger partial charge in [0.25, 0.3) is 0 Å². The molecular weight excluding hydrogens is 343 g/mol. The molecule has 0 unspecified atom stereocenters. The van der Waals surface area contributed by atoms with Crippen molar-refractivity contribution in [2.45, 2.75) is 25.7 Å². The molecule has 0 spiro atoms. The molecule has 3 aromatic rings. The number of amides is 1. The number of piperidine rings is 1. The molecule has 3 heterocycles. The Balaban J connectivity index is 1.72. The quantitative estimate of drug-likeness (QED) is 0.710. The molecule has 0 saturated carbocycles. The summed E-state index contributed by atoms with van der Waals surface area (Å²) in [4.78, 5) is 22.5. The van der Waals surface area contributed by atoms with E-state index in [1.54, 1.807) is 31.5 Å². The first-order chi connectivity index (χ1) is 13.1. The van der Waals surface area contributed by atoms with Crippen LogP contribution >= 0.6 is 0 Å². The van der Waals surface area contributed by atoms with Gasteiger partial charge in [0.05, 0.1) is 5.69 Å². The maximum atomic E-state index is 13.4. The van der Waals surface area contributed by atoms with Gasteiger partial charge in [-0.15, -0.1) is 0 Å². The second kappa shape index (κ2) is 7.31. The predicted octanol–water partition coefficient (Wildman–Crippen LogP) is 3.80. The molecule has 0 N–H and O–H groups in total. The van der Waals surface area contributed by atoms with Crippen LogP contribution < -0.4 is 0 Å². The number of aromatic nitrogens is 3. The second-order valence-corrected chi connectivity index (χ2v) is 6.85. The topological polar surface area (TPSA) is 51.0 Å². The highest BCUT2D eigenvalue weighted by molar-refractivity contribution is 5.73. The first-order valence-electron chi connectivity index (χ1n) is 9.13. The monoisotopic (exact) mass is 364 g/mol. The fourth-order valence-corrected chi connectivity index (χ4v) is 3.61. The Labute approximate surface area is 157 Å². The van der Waals surface area contributed by atoms with E-state index in [1.807, 2.05) is 27.8 Å². The van der Waals surface area contributed by atoms with Crippen molar-refractivity contribution in [1.29, 1.82) is 0 Å². The van der Waals surface area contributed by atoms with Crippen molar-refractivity contribution in [3.05, 3.63) is 66.6 Å². The summed E-state index contributed by atoms with van der Waals surface area (Å²) < 4.78 is 15.4. The minimum atomic E-state index is -0.260. The molecular formula is C21H21FN4O. The van der Waals surface area contributed by atoms with Crippen molar-refractivity contribution in [2.24, 2.45) is 0 Å². The number of carbonyl (C=O) groups excluding carboxylic acids is 1. The highest BCUT2D eigenvalue weighted by atomic mass is 19.1. The molecule has 1 amide bonds. The van der Waals surface area contributed by atoms with Crippen LogP contribution in [0, 0.1) is 5.82 Å². The molecule has 0 radical (unpaired) electrons. The minimum absolute atomic E-state index is 0.118. The van der Waals surface area contributed by atoms with Crippen LogP contribution in [0.15, 0.2) is 55.0 Å². The zero-order chi connectivity index (χ0) is 18.8. The van der Waals surface area contributed by atoms with Crippen LogP contribution in [0.3, 0.4) is 0 Å². The van der Waals surface area contributed by atoms with Crippen molar-refractivity contribution in [1.82, 2.24) is 19.4 Å². The Morgan fingerprint density at radius 1 is 1.07 bits per heavy atom. The van der Waals surface area contributed by atoms with Crippen LogP contribution in [0.5, 0.6) is 0 Å². The summed E-state index contributed by atoms with van der Waals surface area (Å²) in [5.41, 5.74) is 2.74. The van der Waals surface area contributed by atoms with Gasteiger partial charge in [-0.1, -0.05) is 0 Å². The number of hydrogen-bond donors (Lipinski definition) is 0. The van der Waals surface area contributed by atoms with Crippen LogP contribution in [-0.4, -0.2) is 38.4 Å². The number of hydrogen-bond acceptors (Lipinski definition) is 3. The van der Waals surface area contributed by atoms with E-state index < -0.39 is 0 Å². The third-order valence-electron chi connectivity index (χ3n) is 5.12. The van der Waals surface area contributed by atoms with Gasteiger partial charge in [0.1, 0.15) is 11.6 Å². The van der Waals surface area contributed by atoms with Crippen molar-refractivity contribution in [3.8, 4) is 16.9 Å². The van der Waals surface area contributed by atoms with Gasteiger partial charge in [-0.2, -0.15) is 0 Å². The Morgan fingerprint density at radius 3 is 2.37 bits per heavy atom. The number of pyridine rings is 1. The van der Waals surface area contributed by atoms with E-state index in [0.29, 0.717) is 0 Å². The average Bonchev–Trinajstić information content (AvgIpc) is 3.15. The molecule has 0 bridgehead atoms. The summed E-state index contributed by atoms with van der Waals surface area (Å²) in [5.74, 6) is 1.07. The lowest BCUT2D eigenvalue weighted by atomic mass is 9.95. The van der Waals surface area contributed by atoms with Crippen molar-refractivity contribution in [2.75, 3.05) is 13.1 Å². The first kappa shape index (κ1) is 17.4. The molecule has 6 heteroatoms. The number of likely N-dealkylation sites (tertiary alicyclic amines) is 1. The zero-order valence-electron chi connectivity index (χ0n) is 15.2. The molecule has 1 aliphatic heterocycles. The van der Waals surface area contributed by atoms with Gasteiger partial charge in [-0.05, 0) is 49.2 Å². The molecule has 1 aliphatic rings. The molecule has 1 fully saturated rings. The molecule has 1 saturated heterocycles. The average molecular weight is 364 g/mol. The number of halogens is 1. The van der Waals surface area contributed by atoms with Gasteiger partial charge in [-0.25, -0.2) is 9.37 Å². The van der Waals surface area contributed by atoms with Gasteiger partial charge in [0, 0.05) is 55.8 Å². The molecule has 0 aliphatic carbocycles. The molecule has 4 rings (SSSR count). The highest BCUT2D eigenvalue weighted by Crippen LogP contribution is 2.31. The number of carbonyl (C=O) groups is 1. The van der Waals surface area contributed by atoms with Crippen LogP contribution in [0.25, 0.3) is 16.9 Å². The van der Waals surface area contributed by atoms with Gasteiger partial charge in [0.2, 0.25) is 5.91 Å². The van der Waals surface area contributed by atoms with Crippen molar-refractivity contribution in [3.63, 3.8) is 0 Å². The Hall–Kier alpha value is -3.02. The highest BCUT2D eigenvalue weighted by Gasteiger charge is 2.26. The van der Waals surface area contributed by atoms with E-state index in [2.05, 4.69) is 4.98 Å². The van der Waals surface area contributed by atoms with E-state index in [9.17, 15) is 9.18 Å². The standard InChI is InChI=1S/C21H21FN4O/c1-15(27)25-12-8-17(9-13-25)21-24-20(16-6-10-23-11-7-16)14-26(21)19-4-2-18(22)3-5-19/h2-7,10-11,14,17H,8-9,12-13H2,1H3. The molecule has 5 nitrogen and oxygen atoms in total. The second-order valence-electron chi connectivity index (χ2n) is 6.85. The minimum Gasteiger partial charge on any atom is -0.343 e. The largest absolute Gasteiger partial charge is 0.343 e. The SMILES string of the molecule is CC(=O)N1CCC(c2nc(-c3ccncc3)cn2-c2ccc(F)cc2)CC1. The summed E-state index contributed by atoms with van der Waals surface area (Å²) in [6.07, 6.45) is 7.23. The smallest absolute Gasteiger partial charge is 0.219 e. The van der Waals surface area contributed by atoms with Gasteiger partial charge in [0.15, 0.2) is 0 Å². The van der Waals surface area contributed by atoms with E-state index in [4.69, 9.17) is 4.98 Å². The van der Waals surface area contributed by atoms with Crippen LogP contribution in [0.2, 0.25) is 0 Å². The van der Waals surface area contributed by atoms with Gasteiger partial charge >= 0.3 is 0 Å². The third-order valence-corrected chi connectivity index (χ3v) is 5.12. The fourth-order valence-electron chi connectivity index (χ4n) is 3.61. The van der Waals surface area contributed by atoms with Gasteiger partial charge < -0.3 is 9.47 Å². The van der Waals surface area contributed by atoms with E-state index in [-0.39, 0.29) is 17.6 Å². The van der Waals surface area contributed by atoms with Crippen LogP contribution in [0.4, 0.5) is 4.39 Å². The number of benzene rings is 1. The molecule has 1 aromatic carbocycles. The van der Waals surface area contributed by atoms with Gasteiger partial charge in [-0.3, -0.25) is 9.78 Å². The summed E-state index contributed by atoms with van der Waals surface area (Å²) >= 11 is 0. The van der Waals surface area contributed by atoms with Crippen LogP contribution in [0.1, 0.15) is 31.5 Å². The molecule has 27 heavy (non-hydrogen) atoms. The third kappa shape index (κ3) is 3.60. The van der Waals surface area contributed by atoms with Crippen LogP contribution in [-0.2, 0) is 4.79 Å². The van der Waals surface area contributed by atoms with Crippen molar-refractivity contribution < 1.29 is 9.18 Å². The Bertz CT molecular complexity index is 929. The summed E-state index contributed by atoms with van der Waals surface area (Å²) in [7, 11) is 0. The fraction of sp³-hybridized carbons (Fsp3) is 0.286. The summed E-state index contributed by atoms with van der Waals surface area (Å²) in [6, 6.07) is 10.3. The molecule has 0 atom stereocenters. The predicted molar refractivity (Wildman–Crippen MR) is 101 cm³/mol.